The fraction of sp³-hybridized carbons (Fsp3) is 0.333. The summed E-state index contributed by atoms with van der Waals surface area (Å²) in [6.45, 7) is 3.67. The van der Waals surface area contributed by atoms with Crippen LogP contribution in [-0.2, 0) is 0 Å². The number of aromatic nitrogens is 4. The third-order valence-corrected chi connectivity index (χ3v) is 3.02. The van der Waals surface area contributed by atoms with Gasteiger partial charge in [0, 0.05) is 11.5 Å². The molecule has 2 rings (SSSR count). The first-order valence-corrected chi connectivity index (χ1v) is 6.56. The Morgan fingerprint density at radius 3 is 2.86 bits per heavy atom. The molecule has 2 N–H and O–H groups in total. The van der Waals surface area contributed by atoms with E-state index in [1.54, 1.807) is 13.0 Å². The highest BCUT2D eigenvalue weighted by Crippen LogP contribution is 2.23. The Morgan fingerprint density at radius 1 is 1.48 bits per heavy atom. The molecule has 0 saturated heterocycles. The van der Waals surface area contributed by atoms with Crippen LogP contribution in [0.5, 0.6) is 0 Å². The zero-order valence-corrected chi connectivity index (χ0v) is 12.2. The molecule has 112 valence electrons. The fourth-order valence-electron chi connectivity index (χ4n) is 1.76. The summed E-state index contributed by atoms with van der Waals surface area (Å²) < 4.78 is 10.4. The summed E-state index contributed by atoms with van der Waals surface area (Å²) in [4.78, 5) is 11.8. The molecule has 0 radical (unpaired) electrons. The van der Waals surface area contributed by atoms with E-state index in [-0.39, 0.29) is 17.3 Å². The maximum Gasteiger partial charge on any atom is 0.442 e. The first-order valence-electron chi connectivity index (χ1n) is 6.18. The number of rotatable bonds is 5. The smallest absolute Gasteiger partial charge is 0.379 e. The molecule has 9 heteroatoms. The molecule has 0 aliphatic heterocycles. The summed E-state index contributed by atoms with van der Waals surface area (Å²) in [5.74, 6) is -0.488. The SMILES string of the molecule is C/C=C\C/C(Cl)=C\C(C)n1c(-c2nonc2N)noc1=O. The molecule has 2 aromatic rings. The van der Waals surface area contributed by atoms with Crippen molar-refractivity contribution in [2.75, 3.05) is 5.73 Å². The van der Waals surface area contributed by atoms with Gasteiger partial charge in [-0.05, 0) is 30.2 Å². The molecule has 0 fully saturated rings. The number of nitrogens with two attached hydrogens (primary N) is 1. The van der Waals surface area contributed by atoms with Gasteiger partial charge in [0.1, 0.15) is 0 Å². The van der Waals surface area contributed by atoms with Crippen LogP contribution in [-0.4, -0.2) is 20.0 Å². The average Bonchev–Trinajstić information content (AvgIpc) is 3.02. The fourth-order valence-corrected chi connectivity index (χ4v) is 2.03. The normalized spacial score (nSPS) is 14.0. The zero-order chi connectivity index (χ0) is 15.4. The molecule has 1 atom stereocenters. The van der Waals surface area contributed by atoms with E-state index in [4.69, 9.17) is 17.3 Å². The summed E-state index contributed by atoms with van der Waals surface area (Å²) >= 11 is 6.10. The zero-order valence-electron chi connectivity index (χ0n) is 11.5. The van der Waals surface area contributed by atoms with Crippen molar-refractivity contribution >= 4 is 17.4 Å². The van der Waals surface area contributed by atoms with Crippen molar-refractivity contribution in [3.05, 3.63) is 33.8 Å². The van der Waals surface area contributed by atoms with Gasteiger partial charge in [-0.2, -0.15) is 0 Å². The predicted octanol–water partition coefficient (Wildman–Crippen LogP) is 2.12. The molecule has 0 aromatic carbocycles. The summed E-state index contributed by atoms with van der Waals surface area (Å²) in [6, 6.07) is -0.396. The number of hydrogen-bond acceptors (Lipinski definition) is 7. The summed E-state index contributed by atoms with van der Waals surface area (Å²) in [6.07, 6.45) is 6.08. The summed E-state index contributed by atoms with van der Waals surface area (Å²) in [5, 5.41) is 11.3. The van der Waals surface area contributed by atoms with Crippen molar-refractivity contribution in [1.82, 2.24) is 20.0 Å². The van der Waals surface area contributed by atoms with E-state index in [1.807, 2.05) is 19.1 Å². The third kappa shape index (κ3) is 3.22. The van der Waals surface area contributed by atoms with E-state index in [0.29, 0.717) is 11.5 Å². The third-order valence-electron chi connectivity index (χ3n) is 2.74. The van der Waals surface area contributed by atoms with E-state index in [2.05, 4.69) is 24.6 Å². The van der Waals surface area contributed by atoms with Crippen molar-refractivity contribution < 1.29 is 9.15 Å². The van der Waals surface area contributed by atoms with E-state index >= 15 is 0 Å². The van der Waals surface area contributed by atoms with E-state index in [9.17, 15) is 4.79 Å². The molecule has 8 nitrogen and oxygen atoms in total. The van der Waals surface area contributed by atoms with Crippen LogP contribution in [0.3, 0.4) is 0 Å². The van der Waals surface area contributed by atoms with Crippen LogP contribution in [0.15, 0.2) is 37.2 Å². The lowest BCUT2D eigenvalue weighted by molar-refractivity contribution is 0.309. The second kappa shape index (κ2) is 6.40. The standard InChI is InChI=1S/C12H14ClN5O3/c1-3-4-5-8(13)6-7(2)18-11(17-20-12(18)19)9-10(14)16-21-15-9/h3-4,6-7H,5H2,1-2H3,(H2,14,16)/b4-3-,8-6+. The van der Waals surface area contributed by atoms with Crippen LogP contribution < -0.4 is 11.5 Å². The minimum Gasteiger partial charge on any atom is -0.379 e. The van der Waals surface area contributed by atoms with Gasteiger partial charge in [0.2, 0.25) is 5.82 Å². The first-order chi connectivity index (χ1) is 10.0. The summed E-state index contributed by atoms with van der Waals surface area (Å²) in [7, 11) is 0. The van der Waals surface area contributed by atoms with Gasteiger partial charge in [-0.15, -0.1) is 0 Å². The molecule has 1 unspecified atom stereocenters. The number of anilines is 1. The van der Waals surface area contributed by atoms with E-state index in [0.717, 1.165) is 0 Å². The Balaban J connectivity index is 2.38. The largest absolute Gasteiger partial charge is 0.442 e. The van der Waals surface area contributed by atoms with Crippen molar-refractivity contribution in [3.8, 4) is 11.5 Å². The van der Waals surface area contributed by atoms with Crippen LogP contribution in [0.2, 0.25) is 0 Å². The van der Waals surface area contributed by atoms with E-state index in [1.165, 1.54) is 4.57 Å². The second-order valence-electron chi connectivity index (χ2n) is 4.27. The lowest BCUT2D eigenvalue weighted by Gasteiger charge is -2.08. The Kier molecular flexibility index (Phi) is 4.59. The van der Waals surface area contributed by atoms with Crippen LogP contribution in [0.25, 0.3) is 11.5 Å². The molecule has 0 amide bonds. The van der Waals surface area contributed by atoms with Gasteiger partial charge in [-0.1, -0.05) is 28.9 Å². The highest BCUT2D eigenvalue weighted by molar-refractivity contribution is 6.29. The molecule has 0 spiro atoms. The number of hydrogen-bond donors (Lipinski definition) is 1. The van der Waals surface area contributed by atoms with Gasteiger partial charge in [0.05, 0.1) is 6.04 Å². The molecule has 0 aliphatic rings. The molecule has 2 aromatic heterocycles. The highest BCUT2D eigenvalue weighted by Gasteiger charge is 2.22. The lowest BCUT2D eigenvalue weighted by Crippen LogP contribution is -2.19. The molecular formula is C12H14ClN5O3. The van der Waals surface area contributed by atoms with Gasteiger partial charge >= 0.3 is 5.76 Å². The Hall–Kier alpha value is -2.35. The van der Waals surface area contributed by atoms with Gasteiger partial charge in [0.25, 0.3) is 0 Å². The van der Waals surface area contributed by atoms with Crippen LogP contribution >= 0.6 is 11.6 Å². The van der Waals surface area contributed by atoms with Gasteiger partial charge in [-0.25, -0.2) is 14.0 Å². The molecular weight excluding hydrogens is 298 g/mol. The first kappa shape index (κ1) is 15.0. The van der Waals surface area contributed by atoms with Crippen LogP contribution in [0, 0.1) is 0 Å². The minimum atomic E-state index is -0.647. The highest BCUT2D eigenvalue weighted by atomic mass is 35.5. The monoisotopic (exact) mass is 311 g/mol. The topological polar surface area (TPSA) is 113 Å². The van der Waals surface area contributed by atoms with Crippen molar-refractivity contribution in [3.63, 3.8) is 0 Å². The van der Waals surface area contributed by atoms with Crippen molar-refractivity contribution in [2.45, 2.75) is 26.3 Å². The molecule has 2 heterocycles. The van der Waals surface area contributed by atoms with E-state index < -0.39 is 11.8 Å². The van der Waals surface area contributed by atoms with Gasteiger partial charge in [-0.3, -0.25) is 4.52 Å². The molecule has 0 saturated carbocycles. The Bertz CT molecular complexity index is 727. The Morgan fingerprint density at radius 2 is 2.24 bits per heavy atom. The number of nitrogen functional groups attached to an aromatic ring is 1. The number of halogens is 1. The van der Waals surface area contributed by atoms with Crippen molar-refractivity contribution in [2.24, 2.45) is 0 Å². The maximum atomic E-state index is 11.8. The predicted molar refractivity (Wildman–Crippen MR) is 76.5 cm³/mol. The maximum absolute atomic E-state index is 11.8. The molecule has 21 heavy (non-hydrogen) atoms. The molecule has 0 aliphatic carbocycles. The Labute approximate surface area is 124 Å². The minimum absolute atomic E-state index is 0.0215. The number of nitrogens with zero attached hydrogens (tertiary/aromatic N) is 4. The van der Waals surface area contributed by atoms with Gasteiger partial charge < -0.3 is 5.73 Å². The van der Waals surface area contributed by atoms with Crippen LogP contribution in [0.1, 0.15) is 26.3 Å². The average molecular weight is 312 g/mol. The second-order valence-corrected chi connectivity index (χ2v) is 4.75. The quantitative estimate of drug-likeness (QED) is 0.841. The van der Waals surface area contributed by atoms with Crippen molar-refractivity contribution in [1.29, 1.82) is 0 Å². The lowest BCUT2D eigenvalue weighted by atomic mass is 10.2. The number of allylic oxidation sites excluding steroid dienone is 4. The van der Waals surface area contributed by atoms with Gasteiger partial charge in [0.15, 0.2) is 11.5 Å². The van der Waals surface area contributed by atoms with Crippen LogP contribution in [0.4, 0.5) is 5.82 Å². The molecule has 0 bridgehead atoms. The summed E-state index contributed by atoms with van der Waals surface area (Å²) in [5.41, 5.74) is 5.75.